The number of carbonyl (C=O) groups is 1. The average molecular weight is 407 g/mol. The molecule has 0 bridgehead atoms. The lowest BCUT2D eigenvalue weighted by Gasteiger charge is -2.28. The summed E-state index contributed by atoms with van der Waals surface area (Å²) in [5, 5.41) is 8.67. The lowest BCUT2D eigenvalue weighted by molar-refractivity contribution is -0.124. The van der Waals surface area contributed by atoms with Crippen LogP contribution in [0.4, 0.5) is 0 Å². The molecule has 1 unspecified atom stereocenters. The normalized spacial score (nSPS) is 12.7. The first-order valence-electron chi connectivity index (χ1n) is 10.5. The Morgan fingerprint density at radius 3 is 2.70 bits per heavy atom. The van der Waals surface area contributed by atoms with E-state index in [9.17, 15) is 4.79 Å². The van der Waals surface area contributed by atoms with Crippen LogP contribution < -0.4 is 5.48 Å². The second kappa shape index (κ2) is 10.2. The van der Waals surface area contributed by atoms with Crippen molar-refractivity contribution in [3.63, 3.8) is 0 Å². The van der Waals surface area contributed by atoms with Crippen molar-refractivity contribution in [2.75, 3.05) is 6.54 Å². The van der Waals surface area contributed by atoms with E-state index >= 15 is 0 Å². The van der Waals surface area contributed by atoms with Crippen molar-refractivity contribution in [3.05, 3.63) is 66.0 Å². The van der Waals surface area contributed by atoms with Crippen LogP contribution in [0.1, 0.15) is 44.9 Å². The summed E-state index contributed by atoms with van der Waals surface area (Å²) in [6, 6.07) is 14.6. The lowest BCUT2D eigenvalue weighted by atomic mass is 10.1. The van der Waals surface area contributed by atoms with Gasteiger partial charge < -0.3 is 4.40 Å². The molecule has 158 valence electrons. The summed E-state index contributed by atoms with van der Waals surface area (Å²) in [5.41, 5.74) is 6.51. The van der Waals surface area contributed by atoms with Crippen molar-refractivity contribution in [3.8, 4) is 11.3 Å². The monoisotopic (exact) mass is 406 g/mol. The van der Waals surface area contributed by atoms with E-state index < -0.39 is 5.91 Å². The number of fused-ring (bicyclic) bond motifs is 1. The molecule has 0 fully saturated rings. The van der Waals surface area contributed by atoms with E-state index in [1.54, 1.807) is 11.6 Å². The number of hydroxylamine groups is 1. The Balaban J connectivity index is 2.08. The van der Waals surface area contributed by atoms with Gasteiger partial charge in [0.15, 0.2) is 0 Å². The van der Waals surface area contributed by atoms with E-state index in [2.05, 4.69) is 42.2 Å². The molecule has 1 atom stereocenters. The molecule has 0 saturated carbocycles. The maximum Gasteiger partial charge on any atom is 0.267 e. The molecular weight excluding hydrogens is 376 g/mol. The average Bonchev–Trinajstić information content (AvgIpc) is 3.14. The second-order valence-corrected chi connectivity index (χ2v) is 7.50. The Bertz CT molecular complexity index is 1010. The van der Waals surface area contributed by atoms with Crippen molar-refractivity contribution in [1.82, 2.24) is 19.8 Å². The minimum Gasteiger partial charge on any atom is -0.302 e. The lowest BCUT2D eigenvalue weighted by Crippen LogP contribution is -2.33. The molecule has 2 aromatic heterocycles. The number of carbonyl (C=O) groups excluding carboxylic acids is 1. The molecule has 3 aromatic rings. The predicted octanol–water partition coefficient (Wildman–Crippen LogP) is 4.53. The second-order valence-electron chi connectivity index (χ2n) is 7.50. The van der Waals surface area contributed by atoms with Crippen LogP contribution in [0.5, 0.6) is 0 Å². The zero-order chi connectivity index (χ0) is 21.5. The van der Waals surface area contributed by atoms with Crippen LogP contribution in [0, 0.1) is 0 Å². The summed E-state index contributed by atoms with van der Waals surface area (Å²) in [6.07, 6.45) is 7.15. The number of rotatable bonds is 9. The zero-order valence-corrected chi connectivity index (χ0v) is 17.9. The van der Waals surface area contributed by atoms with E-state index in [1.807, 2.05) is 36.5 Å². The molecule has 0 radical (unpaired) electrons. The summed E-state index contributed by atoms with van der Waals surface area (Å²) in [6.45, 7) is 8.56. The number of nitrogens with one attached hydrogen (secondary N) is 1. The Morgan fingerprint density at radius 2 is 2.03 bits per heavy atom. The quantitative estimate of drug-likeness (QED) is 0.311. The van der Waals surface area contributed by atoms with Crippen LogP contribution in [0.25, 0.3) is 23.0 Å². The molecular formula is C24H30N4O2. The van der Waals surface area contributed by atoms with E-state index in [-0.39, 0.29) is 0 Å². The molecule has 6 heteroatoms. The number of nitrogens with zero attached hydrogens (tertiary/aromatic N) is 3. The molecule has 2 N–H and O–H groups in total. The zero-order valence-electron chi connectivity index (χ0n) is 17.9. The Hall–Kier alpha value is -2.96. The molecule has 0 spiro atoms. The van der Waals surface area contributed by atoms with Gasteiger partial charge in [-0.05, 0) is 50.1 Å². The number of imidazole rings is 1. The van der Waals surface area contributed by atoms with Gasteiger partial charge in [-0.1, -0.05) is 44.2 Å². The van der Waals surface area contributed by atoms with Crippen molar-refractivity contribution in [2.24, 2.45) is 0 Å². The summed E-state index contributed by atoms with van der Waals surface area (Å²) in [5.74, 6) is -0.562. The van der Waals surface area contributed by atoms with Crippen molar-refractivity contribution < 1.29 is 10.0 Å². The number of aromatic nitrogens is 2. The number of hydrogen-bond donors (Lipinski definition) is 2. The molecule has 1 amide bonds. The largest absolute Gasteiger partial charge is 0.302 e. The van der Waals surface area contributed by atoms with Gasteiger partial charge in [0.1, 0.15) is 5.65 Å². The minimum atomic E-state index is -0.562. The van der Waals surface area contributed by atoms with Gasteiger partial charge in [0.2, 0.25) is 0 Å². The van der Waals surface area contributed by atoms with Crippen molar-refractivity contribution in [2.45, 2.75) is 46.2 Å². The third-order valence-corrected chi connectivity index (χ3v) is 5.41. The molecule has 30 heavy (non-hydrogen) atoms. The highest BCUT2D eigenvalue weighted by Crippen LogP contribution is 2.27. The van der Waals surface area contributed by atoms with Gasteiger partial charge in [-0.25, -0.2) is 10.5 Å². The number of hydrogen-bond acceptors (Lipinski definition) is 4. The van der Waals surface area contributed by atoms with Crippen LogP contribution in [0.3, 0.4) is 0 Å². The molecule has 0 aliphatic heterocycles. The SMILES string of the molecule is CCCN(Cc1c(-c2ccccc2)nc2cc(/C=C/C(=O)NO)ccn12)C(C)CC. The summed E-state index contributed by atoms with van der Waals surface area (Å²) < 4.78 is 2.14. The molecule has 6 nitrogen and oxygen atoms in total. The summed E-state index contributed by atoms with van der Waals surface area (Å²) in [4.78, 5) is 18.7. The topological polar surface area (TPSA) is 69.9 Å². The molecule has 0 aliphatic carbocycles. The first-order chi connectivity index (χ1) is 14.6. The highest BCUT2D eigenvalue weighted by Gasteiger charge is 2.19. The standard InChI is InChI=1S/C24H30N4O2/c1-4-14-27(18(3)5-2)17-21-24(20-9-7-6-8-10-20)25-22-16-19(13-15-28(21)22)11-12-23(29)26-30/h6-13,15-16,18,30H,4-5,14,17H2,1-3H3,(H,26,29)/b12-11+. The van der Waals surface area contributed by atoms with Crippen LogP contribution >= 0.6 is 0 Å². The Labute approximate surface area is 177 Å². The van der Waals surface area contributed by atoms with Gasteiger partial charge in [-0.15, -0.1) is 0 Å². The predicted molar refractivity (Wildman–Crippen MR) is 120 cm³/mol. The van der Waals surface area contributed by atoms with E-state index in [1.165, 1.54) is 6.08 Å². The Morgan fingerprint density at radius 1 is 1.27 bits per heavy atom. The molecule has 0 saturated heterocycles. The molecule has 0 aliphatic rings. The highest BCUT2D eigenvalue weighted by atomic mass is 16.5. The van der Waals surface area contributed by atoms with E-state index in [0.717, 1.165) is 54.1 Å². The van der Waals surface area contributed by atoms with E-state index in [4.69, 9.17) is 10.2 Å². The Kier molecular flexibility index (Phi) is 7.38. The number of amides is 1. The maximum atomic E-state index is 11.3. The third-order valence-electron chi connectivity index (χ3n) is 5.41. The van der Waals surface area contributed by atoms with E-state index in [0.29, 0.717) is 6.04 Å². The van der Waals surface area contributed by atoms with Crippen LogP contribution in [-0.2, 0) is 11.3 Å². The van der Waals surface area contributed by atoms with Gasteiger partial charge in [-0.2, -0.15) is 0 Å². The third kappa shape index (κ3) is 4.96. The van der Waals surface area contributed by atoms with Crippen LogP contribution in [0.2, 0.25) is 0 Å². The molecule has 2 heterocycles. The smallest absolute Gasteiger partial charge is 0.267 e. The summed E-state index contributed by atoms with van der Waals surface area (Å²) >= 11 is 0. The van der Waals surface area contributed by atoms with Gasteiger partial charge in [0.25, 0.3) is 5.91 Å². The van der Waals surface area contributed by atoms with Crippen molar-refractivity contribution >= 4 is 17.6 Å². The van der Waals surface area contributed by atoms with Gasteiger partial charge in [0, 0.05) is 30.4 Å². The summed E-state index contributed by atoms with van der Waals surface area (Å²) in [7, 11) is 0. The number of pyridine rings is 1. The molecule has 3 rings (SSSR count). The first kappa shape index (κ1) is 21.7. The van der Waals surface area contributed by atoms with Crippen LogP contribution in [0.15, 0.2) is 54.7 Å². The fraction of sp³-hybridized carbons (Fsp3) is 0.333. The maximum absolute atomic E-state index is 11.3. The fourth-order valence-electron chi connectivity index (χ4n) is 3.60. The molecule has 1 aromatic carbocycles. The van der Waals surface area contributed by atoms with Gasteiger partial charge in [-0.3, -0.25) is 14.9 Å². The van der Waals surface area contributed by atoms with Crippen molar-refractivity contribution in [1.29, 1.82) is 0 Å². The van der Waals surface area contributed by atoms with Gasteiger partial charge in [0.05, 0.1) is 11.4 Å². The van der Waals surface area contributed by atoms with Gasteiger partial charge >= 0.3 is 0 Å². The first-order valence-corrected chi connectivity index (χ1v) is 10.5. The fourth-order valence-corrected chi connectivity index (χ4v) is 3.60. The van der Waals surface area contributed by atoms with Crippen LogP contribution in [-0.4, -0.2) is 38.0 Å². The number of benzene rings is 1. The highest BCUT2D eigenvalue weighted by molar-refractivity contribution is 5.91. The minimum absolute atomic E-state index is 0.485.